The lowest BCUT2D eigenvalue weighted by atomic mass is 10.1. The maximum absolute atomic E-state index is 9.04. The highest BCUT2D eigenvalue weighted by Crippen LogP contribution is 2.21. The minimum atomic E-state index is 0.277. The van der Waals surface area contributed by atoms with Gasteiger partial charge in [-0.2, -0.15) is 5.26 Å². The van der Waals surface area contributed by atoms with E-state index in [1.165, 1.54) is 6.42 Å². The third-order valence-corrected chi connectivity index (χ3v) is 3.39. The van der Waals surface area contributed by atoms with E-state index in [1.54, 1.807) is 0 Å². The van der Waals surface area contributed by atoms with Crippen molar-refractivity contribution < 1.29 is 4.74 Å². The summed E-state index contributed by atoms with van der Waals surface area (Å²) in [6.07, 6.45) is 3.78. The number of hydrogen-bond acceptors (Lipinski definition) is 3. The minimum Gasteiger partial charge on any atom is -0.381 e. The molecular weight excluding hydrogens is 280 g/mol. The average molecular weight is 295 g/mol. The standard InChI is InChI=1S/C13H15BrN2O/c14-11-4-5-13(10(7-11)8-15)16-9-12-3-1-2-6-17-12/h4-5,7,12,16H,1-3,6,9H2. The maximum Gasteiger partial charge on any atom is 0.101 e. The summed E-state index contributed by atoms with van der Waals surface area (Å²) in [5.74, 6) is 0. The predicted octanol–water partition coefficient (Wildman–Crippen LogP) is 3.30. The van der Waals surface area contributed by atoms with Gasteiger partial charge in [0.25, 0.3) is 0 Å². The van der Waals surface area contributed by atoms with E-state index >= 15 is 0 Å². The van der Waals surface area contributed by atoms with E-state index in [4.69, 9.17) is 10.00 Å². The van der Waals surface area contributed by atoms with Gasteiger partial charge in [0, 0.05) is 17.6 Å². The Kier molecular flexibility index (Phi) is 4.41. The molecule has 1 N–H and O–H groups in total. The fourth-order valence-corrected chi connectivity index (χ4v) is 2.32. The Bertz CT molecular complexity index is 422. The van der Waals surface area contributed by atoms with Crippen LogP contribution in [0.1, 0.15) is 24.8 Å². The molecule has 3 nitrogen and oxygen atoms in total. The van der Waals surface area contributed by atoms with Crippen LogP contribution in [0.2, 0.25) is 0 Å². The van der Waals surface area contributed by atoms with Gasteiger partial charge in [-0.25, -0.2) is 0 Å². The van der Waals surface area contributed by atoms with Crippen LogP contribution in [-0.4, -0.2) is 19.3 Å². The molecule has 1 atom stereocenters. The summed E-state index contributed by atoms with van der Waals surface area (Å²) >= 11 is 3.36. The van der Waals surface area contributed by atoms with Gasteiger partial charge in [0.05, 0.1) is 17.4 Å². The number of nitrogens with one attached hydrogen (secondary N) is 1. The molecule has 4 heteroatoms. The van der Waals surface area contributed by atoms with Crippen molar-refractivity contribution in [2.24, 2.45) is 0 Å². The molecule has 1 aliphatic rings. The SMILES string of the molecule is N#Cc1cc(Br)ccc1NCC1CCCCO1. The van der Waals surface area contributed by atoms with Gasteiger partial charge in [-0.05, 0) is 37.5 Å². The largest absolute Gasteiger partial charge is 0.381 e. The highest BCUT2D eigenvalue weighted by Gasteiger charge is 2.13. The molecule has 1 aliphatic heterocycles. The van der Waals surface area contributed by atoms with Crippen LogP contribution in [0.25, 0.3) is 0 Å². The van der Waals surface area contributed by atoms with Gasteiger partial charge >= 0.3 is 0 Å². The normalized spacial score (nSPS) is 19.6. The van der Waals surface area contributed by atoms with E-state index in [1.807, 2.05) is 18.2 Å². The van der Waals surface area contributed by atoms with Gasteiger partial charge in [-0.1, -0.05) is 15.9 Å². The molecule has 0 aliphatic carbocycles. The zero-order chi connectivity index (χ0) is 12.1. The van der Waals surface area contributed by atoms with Crippen LogP contribution in [0.4, 0.5) is 5.69 Å². The van der Waals surface area contributed by atoms with Crippen molar-refractivity contribution in [1.82, 2.24) is 0 Å². The maximum atomic E-state index is 9.04. The quantitative estimate of drug-likeness (QED) is 0.930. The number of anilines is 1. The fraction of sp³-hybridized carbons (Fsp3) is 0.462. The first-order chi connectivity index (χ1) is 8.29. The number of nitriles is 1. The number of ether oxygens (including phenoxy) is 1. The molecule has 1 heterocycles. The number of benzene rings is 1. The number of halogens is 1. The van der Waals surface area contributed by atoms with Crippen LogP contribution in [0, 0.1) is 11.3 Å². The molecule has 0 spiro atoms. The Morgan fingerprint density at radius 3 is 3.06 bits per heavy atom. The van der Waals surface area contributed by atoms with E-state index in [0.717, 1.165) is 36.2 Å². The van der Waals surface area contributed by atoms with Crippen molar-refractivity contribution in [3.8, 4) is 6.07 Å². The summed E-state index contributed by atoms with van der Waals surface area (Å²) < 4.78 is 6.57. The topological polar surface area (TPSA) is 45.0 Å². The summed E-state index contributed by atoms with van der Waals surface area (Å²) in [7, 11) is 0. The smallest absolute Gasteiger partial charge is 0.101 e. The number of hydrogen-bond donors (Lipinski definition) is 1. The summed E-state index contributed by atoms with van der Waals surface area (Å²) in [6.45, 7) is 1.63. The van der Waals surface area contributed by atoms with Crippen LogP contribution in [0.15, 0.2) is 22.7 Å². The lowest BCUT2D eigenvalue weighted by molar-refractivity contribution is 0.0247. The molecule has 0 radical (unpaired) electrons. The van der Waals surface area contributed by atoms with Crippen molar-refractivity contribution in [1.29, 1.82) is 5.26 Å². The first-order valence-corrected chi connectivity index (χ1v) is 6.64. The van der Waals surface area contributed by atoms with Gasteiger partial charge in [-0.15, -0.1) is 0 Å². The van der Waals surface area contributed by atoms with E-state index in [2.05, 4.69) is 27.3 Å². The highest BCUT2D eigenvalue weighted by molar-refractivity contribution is 9.10. The second-order valence-electron chi connectivity index (χ2n) is 4.17. The second-order valence-corrected chi connectivity index (χ2v) is 5.09. The fourth-order valence-electron chi connectivity index (χ4n) is 1.96. The first kappa shape index (κ1) is 12.4. The Labute approximate surface area is 110 Å². The summed E-state index contributed by atoms with van der Waals surface area (Å²) in [5.41, 5.74) is 1.54. The van der Waals surface area contributed by atoms with Gasteiger partial charge in [0.1, 0.15) is 6.07 Å². The van der Waals surface area contributed by atoms with Crippen LogP contribution >= 0.6 is 15.9 Å². The lowest BCUT2D eigenvalue weighted by Gasteiger charge is -2.23. The Hall–Kier alpha value is -1.05. The number of rotatable bonds is 3. The van der Waals surface area contributed by atoms with Crippen LogP contribution in [0.3, 0.4) is 0 Å². The second kappa shape index (κ2) is 6.04. The predicted molar refractivity (Wildman–Crippen MR) is 70.9 cm³/mol. The van der Waals surface area contributed by atoms with E-state index in [-0.39, 0.29) is 6.10 Å². The van der Waals surface area contributed by atoms with Crippen LogP contribution < -0.4 is 5.32 Å². The molecule has 0 amide bonds. The Morgan fingerprint density at radius 2 is 2.35 bits per heavy atom. The van der Waals surface area contributed by atoms with E-state index in [0.29, 0.717) is 5.56 Å². The monoisotopic (exact) mass is 294 g/mol. The van der Waals surface area contributed by atoms with Crippen molar-refractivity contribution in [3.05, 3.63) is 28.2 Å². The zero-order valence-electron chi connectivity index (χ0n) is 9.58. The Morgan fingerprint density at radius 1 is 1.47 bits per heavy atom. The molecule has 1 saturated heterocycles. The summed E-state index contributed by atoms with van der Waals surface area (Å²) in [5, 5.41) is 12.3. The lowest BCUT2D eigenvalue weighted by Crippen LogP contribution is -2.27. The van der Waals surface area contributed by atoms with Gasteiger partial charge in [0.15, 0.2) is 0 Å². The molecule has 1 fully saturated rings. The highest BCUT2D eigenvalue weighted by atomic mass is 79.9. The van der Waals surface area contributed by atoms with Crippen molar-refractivity contribution in [3.63, 3.8) is 0 Å². The number of nitrogens with zero attached hydrogens (tertiary/aromatic N) is 1. The Balaban J connectivity index is 1.96. The van der Waals surface area contributed by atoms with Crippen LogP contribution in [-0.2, 0) is 4.74 Å². The molecule has 1 aromatic carbocycles. The average Bonchev–Trinajstić information content (AvgIpc) is 2.38. The van der Waals surface area contributed by atoms with Crippen molar-refractivity contribution in [2.45, 2.75) is 25.4 Å². The van der Waals surface area contributed by atoms with Gasteiger partial charge < -0.3 is 10.1 Å². The summed E-state index contributed by atoms with van der Waals surface area (Å²) in [6, 6.07) is 7.87. The molecule has 0 bridgehead atoms. The van der Waals surface area contributed by atoms with Gasteiger partial charge in [-0.3, -0.25) is 0 Å². The molecule has 90 valence electrons. The van der Waals surface area contributed by atoms with Crippen LogP contribution in [0.5, 0.6) is 0 Å². The molecule has 2 rings (SSSR count). The molecular formula is C13H15BrN2O. The zero-order valence-corrected chi connectivity index (χ0v) is 11.2. The third-order valence-electron chi connectivity index (χ3n) is 2.90. The van der Waals surface area contributed by atoms with E-state index in [9.17, 15) is 0 Å². The molecule has 1 aromatic rings. The molecule has 1 unspecified atom stereocenters. The molecule has 0 saturated carbocycles. The van der Waals surface area contributed by atoms with E-state index < -0.39 is 0 Å². The molecule has 0 aromatic heterocycles. The third kappa shape index (κ3) is 3.45. The summed E-state index contributed by atoms with van der Waals surface area (Å²) in [4.78, 5) is 0. The van der Waals surface area contributed by atoms with Crippen molar-refractivity contribution in [2.75, 3.05) is 18.5 Å². The first-order valence-electron chi connectivity index (χ1n) is 5.85. The van der Waals surface area contributed by atoms with Crippen molar-refractivity contribution >= 4 is 21.6 Å². The minimum absolute atomic E-state index is 0.277. The van der Waals surface area contributed by atoms with Gasteiger partial charge in [0.2, 0.25) is 0 Å². The molecule has 17 heavy (non-hydrogen) atoms.